The number of hydrogen-bond acceptors (Lipinski definition) is 6. The molecule has 1 saturated heterocycles. The average Bonchev–Trinajstić information content (AvgIpc) is 3.25. The molecule has 0 bridgehead atoms. The van der Waals surface area contributed by atoms with Gasteiger partial charge in [0.1, 0.15) is 11.6 Å². The first-order chi connectivity index (χ1) is 11.2. The monoisotopic (exact) mass is 317 g/mol. The van der Waals surface area contributed by atoms with E-state index in [0.717, 1.165) is 42.5 Å². The topological polar surface area (TPSA) is 93.4 Å². The molecule has 0 radical (unpaired) electrons. The SMILES string of the molecule is NC(=O)[C@H]1CN(c2nc(C3CCCC3)nc3c2CNC3)CCO1. The van der Waals surface area contributed by atoms with Gasteiger partial charge in [0.25, 0.3) is 0 Å². The van der Waals surface area contributed by atoms with Gasteiger partial charge in [-0.25, -0.2) is 9.97 Å². The summed E-state index contributed by atoms with van der Waals surface area (Å²) in [6, 6.07) is 0. The zero-order valence-electron chi connectivity index (χ0n) is 13.3. The average molecular weight is 317 g/mol. The molecule has 1 atom stereocenters. The summed E-state index contributed by atoms with van der Waals surface area (Å²) in [4.78, 5) is 23.3. The molecule has 0 spiro atoms. The second kappa shape index (κ2) is 6.05. The smallest absolute Gasteiger partial charge is 0.248 e. The molecule has 124 valence electrons. The van der Waals surface area contributed by atoms with Crippen LogP contribution >= 0.6 is 0 Å². The highest BCUT2D eigenvalue weighted by Crippen LogP contribution is 2.35. The van der Waals surface area contributed by atoms with Gasteiger partial charge in [-0.1, -0.05) is 12.8 Å². The number of primary amides is 1. The number of nitrogens with zero attached hydrogens (tertiary/aromatic N) is 3. The molecule has 4 rings (SSSR count). The number of anilines is 1. The van der Waals surface area contributed by atoms with Crippen molar-refractivity contribution in [2.45, 2.75) is 50.8 Å². The Bertz CT molecular complexity index is 615. The van der Waals surface area contributed by atoms with Crippen LogP contribution in [0.4, 0.5) is 5.82 Å². The molecule has 3 aliphatic rings. The summed E-state index contributed by atoms with van der Waals surface area (Å²) in [5, 5.41) is 3.37. The number of hydrogen-bond donors (Lipinski definition) is 2. The maximum absolute atomic E-state index is 11.5. The van der Waals surface area contributed by atoms with Crippen molar-refractivity contribution in [1.29, 1.82) is 0 Å². The molecule has 3 N–H and O–H groups in total. The Labute approximate surface area is 135 Å². The van der Waals surface area contributed by atoms with Crippen LogP contribution in [0.5, 0.6) is 0 Å². The normalized spacial score (nSPS) is 24.9. The summed E-state index contributed by atoms with van der Waals surface area (Å²) in [7, 11) is 0. The minimum absolute atomic E-state index is 0.408. The summed E-state index contributed by atoms with van der Waals surface area (Å²) in [6.45, 7) is 3.29. The zero-order valence-corrected chi connectivity index (χ0v) is 13.3. The van der Waals surface area contributed by atoms with E-state index in [2.05, 4.69) is 10.2 Å². The van der Waals surface area contributed by atoms with Crippen LogP contribution in [-0.2, 0) is 22.6 Å². The van der Waals surface area contributed by atoms with Crippen LogP contribution < -0.4 is 16.0 Å². The molecular formula is C16H23N5O2. The number of carbonyl (C=O) groups is 1. The van der Waals surface area contributed by atoms with E-state index in [1.54, 1.807) is 0 Å². The fourth-order valence-corrected chi connectivity index (χ4v) is 3.81. The molecule has 2 aliphatic heterocycles. The van der Waals surface area contributed by atoms with Gasteiger partial charge < -0.3 is 20.7 Å². The first kappa shape index (κ1) is 14.8. The van der Waals surface area contributed by atoms with Crippen molar-refractivity contribution >= 4 is 11.7 Å². The van der Waals surface area contributed by atoms with Crippen molar-refractivity contribution in [3.8, 4) is 0 Å². The highest BCUT2D eigenvalue weighted by atomic mass is 16.5. The van der Waals surface area contributed by atoms with Crippen LogP contribution in [0.3, 0.4) is 0 Å². The van der Waals surface area contributed by atoms with E-state index in [1.165, 1.54) is 25.7 Å². The number of fused-ring (bicyclic) bond motifs is 1. The fraction of sp³-hybridized carbons (Fsp3) is 0.688. The lowest BCUT2D eigenvalue weighted by molar-refractivity contribution is -0.130. The highest BCUT2D eigenvalue weighted by Gasteiger charge is 2.31. The van der Waals surface area contributed by atoms with Crippen LogP contribution in [0.15, 0.2) is 0 Å². The van der Waals surface area contributed by atoms with Gasteiger partial charge in [-0.15, -0.1) is 0 Å². The fourth-order valence-electron chi connectivity index (χ4n) is 3.81. The van der Waals surface area contributed by atoms with Gasteiger partial charge in [0.15, 0.2) is 6.10 Å². The Hall–Kier alpha value is -1.73. The lowest BCUT2D eigenvalue weighted by Gasteiger charge is -2.33. The van der Waals surface area contributed by atoms with E-state index in [1.807, 2.05) is 0 Å². The number of amides is 1. The number of aromatic nitrogens is 2. The molecular weight excluding hydrogens is 294 g/mol. The van der Waals surface area contributed by atoms with Gasteiger partial charge in [-0.05, 0) is 12.8 Å². The van der Waals surface area contributed by atoms with Crippen molar-refractivity contribution in [3.63, 3.8) is 0 Å². The molecule has 7 nitrogen and oxygen atoms in total. The summed E-state index contributed by atoms with van der Waals surface area (Å²) in [5.74, 6) is 2.01. The Kier molecular flexibility index (Phi) is 3.90. The maximum atomic E-state index is 11.5. The van der Waals surface area contributed by atoms with E-state index < -0.39 is 12.0 Å². The van der Waals surface area contributed by atoms with Crippen LogP contribution in [0, 0.1) is 0 Å². The Morgan fingerprint density at radius 3 is 2.87 bits per heavy atom. The van der Waals surface area contributed by atoms with E-state index >= 15 is 0 Å². The number of nitrogens with one attached hydrogen (secondary N) is 1. The van der Waals surface area contributed by atoms with Gasteiger partial charge >= 0.3 is 0 Å². The molecule has 1 aliphatic carbocycles. The Balaban J connectivity index is 1.67. The van der Waals surface area contributed by atoms with Crippen LogP contribution in [0.25, 0.3) is 0 Å². The van der Waals surface area contributed by atoms with Crippen LogP contribution in [-0.4, -0.2) is 41.7 Å². The van der Waals surface area contributed by atoms with Crippen molar-refractivity contribution in [3.05, 3.63) is 17.1 Å². The van der Waals surface area contributed by atoms with Gasteiger partial charge in [-0.3, -0.25) is 4.79 Å². The van der Waals surface area contributed by atoms with E-state index in [0.29, 0.717) is 19.1 Å². The molecule has 1 saturated carbocycles. The lowest BCUT2D eigenvalue weighted by atomic mass is 10.1. The summed E-state index contributed by atoms with van der Waals surface area (Å²) < 4.78 is 5.47. The van der Waals surface area contributed by atoms with Crippen molar-refractivity contribution in [2.24, 2.45) is 5.73 Å². The molecule has 3 heterocycles. The standard InChI is InChI=1S/C16H23N5O2/c17-14(22)13-9-21(5-6-23-13)16-11-7-18-8-12(11)19-15(20-16)10-3-1-2-4-10/h10,13,18H,1-9H2,(H2,17,22)/t13-/m1/s1. The van der Waals surface area contributed by atoms with Gasteiger partial charge in [-0.2, -0.15) is 0 Å². The summed E-state index contributed by atoms with van der Waals surface area (Å²) in [5.41, 5.74) is 7.69. The van der Waals surface area contributed by atoms with Crippen LogP contribution in [0.2, 0.25) is 0 Å². The second-order valence-corrected chi connectivity index (χ2v) is 6.62. The first-order valence-corrected chi connectivity index (χ1v) is 8.48. The van der Waals surface area contributed by atoms with Crippen LogP contribution in [0.1, 0.15) is 48.7 Å². The molecule has 0 aromatic carbocycles. The molecule has 23 heavy (non-hydrogen) atoms. The summed E-state index contributed by atoms with van der Waals surface area (Å²) >= 11 is 0. The lowest BCUT2D eigenvalue weighted by Crippen LogP contribution is -2.49. The minimum atomic E-state index is -0.557. The molecule has 1 aromatic rings. The van der Waals surface area contributed by atoms with Crippen molar-refractivity contribution in [1.82, 2.24) is 15.3 Å². The number of ether oxygens (including phenoxy) is 1. The molecule has 1 amide bonds. The third-order valence-electron chi connectivity index (χ3n) is 5.09. The largest absolute Gasteiger partial charge is 0.367 e. The molecule has 7 heteroatoms. The molecule has 1 aromatic heterocycles. The van der Waals surface area contributed by atoms with E-state index in [9.17, 15) is 4.79 Å². The second-order valence-electron chi connectivity index (χ2n) is 6.62. The highest BCUT2D eigenvalue weighted by molar-refractivity contribution is 5.79. The third-order valence-corrected chi connectivity index (χ3v) is 5.09. The van der Waals surface area contributed by atoms with Crippen molar-refractivity contribution < 1.29 is 9.53 Å². The zero-order chi connectivity index (χ0) is 15.8. The van der Waals surface area contributed by atoms with E-state index in [4.69, 9.17) is 20.4 Å². The van der Waals surface area contributed by atoms with Gasteiger partial charge in [0, 0.05) is 31.1 Å². The van der Waals surface area contributed by atoms with Gasteiger partial charge in [0.05, 0.1) is 18.8 Å². The predicted octanol–water partition coefficient (Wildman–Crippen LogP) is 0.428. The first-order valence-electron chi connectivity index (χ1n) is 8.48. The number of morpholine rings is 1. The Morgan fingerprint density at radius 1 is 1.26 bits per heavy atom. The quantitative estimate of drug-likeness (QED) is 0.839. The molecule has 2 fully saturated rings. The van der Waals surface area contributed by atoms with Crippen molar-refractivity contribution in [2.75, 3.05) is 24.6 Å². The summed E-state index contributed by atoms with van der Waals surface area (Å²) in [6.07, 6.45) is 4.33. The number of rotatable bonds is 3. The number of carbonyl (C=O) groups excluding carboxylic acids is 1. The molecule has 0 unspecified atom stereocenters. The van der Waals surface area contributed by atoms with Gasteiger partial charge in [0.2, 0.25) is 5.91 Å². The Morgan fingerprint density at radius 2 is 2.09 bits per heavy atom. The maximum Gasteiger partial charge on any atom is 0.248 e. The van der Waals surface area contributed by atoms with E-state index in [-0.39, 0.29) is 0 Å². The minimum Gasteiger partial charge on any atom is -0.367 e. The number of nitrogens with two attached hydrogens (primary N) is 1. The third kappa shape index (κ3) is 2.79. The predicted molar refractivity (Wildman–Crippen MR) is 84.9 cm³/mol.